The molecule has 1 heterocycles. The lowest BCUT2D eigenvalue weighted by Crippen LogP contribution is -2.30. The van der Waals surface area contributed by atoms with Crippen LogP contribution in [0.15, 0.2) is 45.1 Å². The maximum atomic E-state index is 13.9. The molecule has 0 aliphatic rings. The van der Waals surface area contributed by atoms with E-state index in [0.29, 0.717) is 9.35 Å². The second-order valence-corrected chi connectivity index (χ2v) is 8.12. The summed E-state index contributed by atoms with van der Waals surface area (Å²) in [5, 5.41) is 1.76. The van der Waals surface area contributed by atoms with Crippen LogP contribution in [0.2, 0.25) is 0 Å². The molecule has 0 spiro atoms. The van der Waals surface area contributed by atoms with E-state index in [1.165, 1.54) is 30.6 Å². The van der Waals surface area contributed by atoms with E-state index in [9.17, 15) is 17.6 Å². The molecule has 5 nitrogen and oxygen atoms in total. The van der Waals surface area contributed by atoms with Gasteiger partial charge in [0.2, 0.25) is 10.0 Å². The number of methoxy groups -OCH3 is 1. The number of benzene rings is 1. The first-order chi connectivity index (χ1) is 10.8. The summed E-state index contributed by atoms with van der Waals surface area (Å²) in [6.45, 7) is 0. The Labute approximate surface area is 145 Å². The minimum atomic E-state index is -4.15. The van der Waals surface area contributed by atoms with Crippen LogP contribution < -0.4 is 4.72 Å². The van der Waals surface area contributed by atoms with Crippen LogP contribution in [0.4, 0.5) is 4.39 Å². The van der Waals surface area contributed by atoms with Gasteiger partial charge in [0.15, 0.2) is 0 Å². The number of esters is 1. The van der Waals surface area contributed by atoms with Crippen molar-refractivity contribution in [1.82, 2.24) is 4.72 Å². The Hall–Kier alpha value is -1.29. The number of nitrogens with one attached hydrogen (secondary N) is 1. The number of ether oxygens (including phenoxy) is 1. The highest BCUT2D eigenvalue weighted by Crippen LogP contribution is 2.26. The van der Waals surface area contributed by atoms with Gasteiger partial charge in [-0.2, -0.15) is 0 Å². The van der Waals surface area contributed by atoms with Gasteiger partial charge in [-0.25, -0.2) is 17.5 Å². The van der Waals surface area contributed by atoms with E-state index in [-0.39, 0.29) is 6.42 Å². The summed E-state index contributed by atoms with van der Waals surface area (Å²) in [4.78, 5) is 11.7. The fourth-order valence-electron chi connectivity index (χ4n) is 1.87. The van der Waals surface area contributed by atoms with Gasteiger partial charge in [-0.05, 0) is 29.6 Å². The first-order valence-electron chi connectivity index (χ1n) is 6.41. The third-order valence-electron chi connectivity index (χ3n) is 2.97. The molecule has 0 amide bonds. The first kappa shape index (κ1) is 18.1. The summed E-state index contributed by atoms with van der Waals surface area (Å²) < 4.78 is 46.2. The molecule has 1 atom stereocenters. The smallest absolute Gasteiger partial charge is 0.307 e. The molecule has 1 aromatic heterocycles. The minimum Gasteiger partial charge on any atom is -0.469 e. The monoisotopic (exact) mass is 421 g/mol. The standard InChI is InChI=1S/C14H13BrFNO4S2/c1-21-14(18)8-11(12-3-2-6-22-12)17-23(19,20)13-7-9(15)4-5-10(13)16/h2-7,11,17H,8H2,1H3. The molecular weight excluding hydrogens is 409 g/mol. The van der Waals surface area contributed by atoms with Gasteiger partial charge in [0.25, 0.3) is 0 Å². The van der Waals surface area contributed by atoms with Gasteiger partial charge in [0, 0.05) is 9.35 Å². The maximum Gasteiger partial charge on any atom is 0.307 e. The topological polar surface area (TPSA) is 72.5 Å². The Morgan fingerprint density at radius 3 is 2.78 bits per heavy atom. The highest BCUT2D eigenvalue weighted by molar-refractivity contribution is 9.10. The molecule has 0 bridgehead atoms. The molecule has 1 unspecified atom stereocenters. The zero-order valence-electron chi connectivity index (χ0n) is 12.0. The van der Waals surface area contributed by atoms with Crippen LogP contribution in [-0.2, 0) is 19.6 Å². The van der Waals surface area contributed by atoms with E-state index in [4.69, 9.17) is 0 Å². The minimum absolute atomic E-state index is 0.189. The Kier molecular flexibility index (Phi) is 5.90. The second-order valence-electron chi connectivity index (χ2n) is 4.54. The van der Waals surface area contributed by atoms with Crippen molar-refractivity contribution in [1.29, 1.82) is 0 Å². The summed E-state index contributed by atoms with van der Waals surface area (Å²) in [7, 11) is -2.93. The SMILES string of the molecule is COC(=O)CC(NS(=O)(=O)c1cc(Br)ccc1F)c1cccs1. The molecule has 2 rings (SSSR count). The molecule has 23 heavy (non-hydrogen) atoms. The van der Waals surface area contributed by atoms with Crippen LogP contribution >= 0.6 is 27.3 Å². The zero-order chi connectivity index (χ0) is 17.0. The highest BCUT2D eigenvalue weighted by atomic mass is 79.9. The molecule has 1 aromatic carbocycles. The van der Waals surface area contributed by atoms with Crippen LogP contribution in [0.1, 0.15) is 17.3 Å². The molecule has 124 valence electrons. The lowest BCUT2D eigenvalue weighted by molar-refractivity contribution is -0.141. The van der Waals surface area contributed by atoms with E-state index in [0.717, 1.165) is 6.07 Å². The van der Waals surface area contributed by atoms with Gasteiger partial charge in [-0.3, -0.25) is 4.79 Å². The Morgan fingerprint density at radius 1 is 1.43 bits per heavy atom. The third-order valence-corrected chi connectivity index (χ3v) is 5.93. The molecule has 9 heteroatoms. The lowest BCUT2D eigenvalue weighted by atomic mass is 10.2. The van der Waals surface area contributed by atoms with Crippen molar-refractivity contribution in [2.75, 3.05) is 7.11 Å². The molecular formula is C14H13BrFNO4S2. The van der Waals surface area contributed by atoms with E-state index in [1.807, 2.05) is 0 Å². The van der Waals surface area contributed by atoms with Crippen molar-refractivity contribution >= 4 is 43.3 Å². The summed E-state index contributed by atoms with van der Waals surface area (Å²) in [5.41, 5.74) is 0. The number of carbonyl (C=O) groups is 1. The maximum absolute atomic E-state index is 13.9. The number of hydrogen-bond acceptors (Lipinski definition) is 5. The van der Waals surface area contributed by atoms with E-state index in [2.05, 4.69) is 25.4 Å². The van der Waals surface area contributed by atoms with Gasteiger partial charge in [0.1, 0.15) is 10.7 Å². The first-order valence-corrected chi connectivity index (χ1v) is 9.56. The van der Waals surface area contributed by atoms with Crippen molar-refractivity contribution in [3.8, 4) is 0 Å². The lowest BCUT2D eigenvalue weighted by Gasteiger charge is -2.17. The molecule has 0 saturated heterocycles. The van der Waals surface area contributed by atoms with Crippen LogP contribution in [-0.4, -0.2) is 21.5 Å². The van der Waals surface area contributed by atoms with E-state index >= 15 is 0 Å². The van der Waals surface area contributed by atoms with E-state index in [1.54, 1.807) is 17.5 Å². The van der Waals surface area contributed by atoms with Crippen LogP contribution in [0.25, 0.3) is 0 Å². The van der Waals surface area contributed by atoms with Crippen molar-refractivity contribution in [3.05, 3.63) is 50.9 Å². The summed E-state index contributed by atoms with van der Waals surface area (Å²) in [6, 6.07) is 6.22. The Morgan fingerprint density at radius 2 is 2.17 bits per heavy atom. The number of halogens is 2. The summed E-state index contributed by atoms with van der Waals surface area (Å²) >= 11 is 4.40. The number of carbonyl (C=O) groups excluding carboxylic acids is 1. The van der Waals surface area contributed by atoms with Gasteiger partial charge >= 0.3 is 5.97 Å². The fourth-order valence-corrected chi connectivity index (χ4v) is 4.56. The van der Waals surface area contributed by atoms with Gasteiger partial charge in [-0.1, -0.05) is 22.0 Å². The van der Waals surface area contributed by atoms with Gasteiger partial charge in [-0.15, -0.1) is 11.3 Å². The van der Waals surface area contributed by atoms with Crippen molar-refractivity contribution in [3.63, 3.8) is 0 Å². The Balaban J connectivity index is 2.34. The second kappa shape index (κ2) is 7.52. The highest BCUT2D eigenvalue weighted by Gasteiger charge is 2.27. The molecule has 0 saturated carbocycles. The van der Waals surface area contributed by atoms with Crippen LogP contribution in [0, 0.1) is 5.82 Å². The van der Waals surface area contributed by atoms with Crippen LogP contribution in [0.3, 0.4) is 0 Å². The van der Waals surface area contributed by atoms with Crippen LogP contribution in [0.5, 0.6) is 0 Å². The van der Waals surface area contributed by atoms with Crippen molar-refractivity contribution in [2.45, 2.75) is 17.4 Å². The summed E-state index contributed by atoms with van der Waals surface area (Å²) in [5.74, 6) is -1.44. The summed E-state index contributed by atoms with van der Waals surface area (Å²) in [6.07, 6.45) is -0.189. The molecule has 0 radical (unpaired) electrons. The molecule has 0 aliphatic carbocycles. The average Bonchev–Trinajstić information content (AvgIpc) is 3.03. The Bertz CT molecular complexity index is 793. The van der Waals surface area contributed by atoms with Gasteiger partial charge in [0.05, 0.1) is 19.6 Å². The predicted molar refractivity (Wildman–Crippen MR) is 88.1 cm³/mol. The quantitative estimate of drug-likeness (QED) is 0.726. The van der Waals surface area contributed by atoms with Gasteiger partial charge < -0.3 is 4.74 Å². The zero-order valence-corrected chi connectivity index (χ0v) is 15.2. The fraction of sp³-hybridized carbons (Fsp3) is 0.214. The number of hydrogen-bond donors (Lipinski definition) is 1. The molecule has 0 aliphatic heterocycles. The number of sulfonamides is 1. The molecule has 2 aromatic rings. The normalized spacial score (nSPS) is 12.8. The third kappa shape index (κ3) is 4.60. The molecule has 1 N–H and O–H groups in total. The van der Waals surface area contributed by atoms with Crippen molar-refractivity contribution < 1.29 is 22.3 Å². The predicted octanol–water partition coefficient (Wildman–Crippen LogP) is 3.23. The van der Waals surface area contributed by atoms with Crippen molar-refractivity contribution in [2.24, 2.45) is 0 Å². The van der Waals surface area contributed by atoms with E-state index < -0.39 is 32.7 Å². The largest absolute Gasteiger partial charge is 0.469 e. The molecule has 0 fully saturated rings. The number of rotatable bonds is 6. The number of thiophene rings is 1. The average molecular weight is 422 g/mol.